The third-order valence-electron chi connectivity index (χ3n) is 3.42. The zero-order valence-corrected chi connectivity index (χ0v) is 9.60. The fraction of sp³-hybridized carbons (Fsp3) is 1.00. The molecule has 13 heavy (non-hydrogen) atoms. The van der Waals surface area contributed by atoms with E-state index < -0.39 is 0 Å². The molecule has 0 aromatic heterocycles. The molecular weight excluding hydrogens is 160 g/mol. The lowest BCUT2D eigenvalue weighted by atomic mass is 9.83. The van der Waals surface area contributed by atoms with Crippen molar-refractivity contribution < 1.29 is 4.74 Å². The van der Waals surface area contributed by atoms with E-state index in [9.17, 15) is 0 Å². The lowest BCUT2D eigenvalue weighted by Gasteiger charge is -2.33. The summed E-state index contributed by atoms with van der Waals surface area (Å²) in [5.41, 5.74) is 0.218. The summed E-state index contributed by atoms with van der Waals surface area (Å²) >= 11 is 0. The molecule has 1 saturated heterocycles. The molecule has 0 spiro atoms. The van der Waals surface area contributed by atoms with Crippen LogP contribution in [0.5, 0.6) is 0 Å². The summed E-state index contributed by atoms with van der Waals surface area (Å²) in [6.07, 6.45) is 6.86. The molecule has 1 aliphatic heterocycles. The lowest BCUT2D eigenvalue weighted by molar-refractivity contribution is -0.0718. The summed E-state index contributed by atoms with van der Waals surface area (Å²) in [6.45, 7) is 9.06. The van der Waals surface area contributed by atoms with E-state index in [-0.39, 0.29) is 5.60 Å². The van der Waals surface area contributed by atoms with Gasteiger partial charge in [0, 0.05) is 0 Å². The molecule has 1 nitrogen and oxygen atoms in total. The second-order valence-corrected chi connectivity index (χ2v) is 4.79. The Labute approximate surface area is 82.9 Å². The molecule has 2 atom stereocenters. The van der Waals surface area contributed by atoms with Gasteiger partial charge in [0.15, 0.2) is 0 Å². The van der Waals surface area contributed by atoms with Crippen LogP contribution in [0.2, 0.25) is 0 Å². The van der Waals surface area contributed by atoms with E-state index in [1.807, 2.05) is 0 Å². The van der Waals surface area contributed by atoms with Gasteiger partial charge in [-0.05, 0) is 32.1 Å². The standard InChI is InChI=1S/C12H24O/c1-5-6-8-12(10(2)3)9-7-11(4)13-12/h10-11H,5-9H2,1-4H3. The van der Waals surface area contributed by atoms with Crippen molar-refractivity contribution >= 4 is 0 Å². The molecule has 1 aliphatic rings. The summed E-state index contributed by atoms with van der Waals surface area (Å²) < 4.78 is 6.11. The highest BCUT2D eigenvalue weighted by Crippen LogP contribution is 2.40. The van der Waals surface area contributed by atoms with Gasteiger partial charge in [-0.15, -0.1) is 0 Å². The van der Waals surface area contributed by atoms with Gasteiger partial charge < -0.3 is 4.74 Å². The molecule has 0 saturated carbocycles. The molecule has 1 heterocycles. The highest BCUT2D eigenvalue weighted by atomic mass is 16.5. The predicted octanol–water partition coefficient (Wildman–Crippen LogP) is 3.77. The Morgan fingerprint density at radius 1 is 1.46 bits per heavy atom. The maximum atomic E-state index is 6.11. The summed E-state index contributed by atoms with van der Waals surface area (Å²) in [4.78, 5) is 0. The summed E-state index contributed by atoms with van der Waals surface area (Å²) in [5.74, 6) is 0.670. The van der Waals surface area contributed by atoms with Crippen LogP contribution in [0.25, 0.3) is 0 Å². The molecule has 78 valence electrons. The van der Waals surface area contributed by atoms with Gasteiger partial charge in [-0.1, -0.05) is 33.6 Å². The van der Waals surface area contributed by atoms with Crippen LogP contribution in [0, 0.1) is 5.92 Å². The van der Waals surface area contributed by atoms with Crippen molar-refractivity contribution in [2.24, 2.45) is 5.92 Å². The number of hydrogen-bond donors (Lipinski definition) is 0. The second-order valence-electron chi connectivity index (χ2n) is 4.79. The van der Waals surface area contributed by atoms with E-state index >= 15 is 0 Å². The van der Waals surface area contributed by atoms with Gasteiger partial charge in [-0.25, -0.2) is 0 Å². The van der Waals surface area contributed by atoms with Gasteiger partial charge in [0.25, 0.3) is 0 Å². The molecule has 0 aromatic rings. The summed E-state index contributed by atoms with van der Waals surface area (Å²) in [7, 11) is 0. The van der Waals surface area contributed by atoms with Crippen molar-refractivity contribution in [1.29, 1.82) is 0 Å². The smallest absolute Gasteiger partial charge is 0.0709 e. The monoisotopic (exact) mass is 184 g/mol. The van der Waals surface area contributed by atoms with Crippen LogP contribution < -0.4 is 0 Å². The number of ether oxygens (including phenoxy) is 1. The average molecular weight is 184 g/mol. The predicted molar refractivity (Wildman–Crippen MR) is 56.9 cm³/mol. The van der Waals surface area contributed by atoms with Crippen molar-refractivity contribution in [1.82, 2.24) is 0 Å². The van der Waals surface area contributed by atoms with Crippen LogP contribution in [0.4, 0.5) is 0 Å². The summed E-state index contributed by atoms with van der Waals surface area (Å²) in [6, 6.07) is 0. The van der Waals surface area contributed by atoms with E-state index in [2.05, 4.69) is 27.7 Å². The zero-order valence-electron chi connectivity index (χ0n) is 9.60. The molecular formula is C12H24O. The number of rotatable bonds is 4. The third kappa shape index (κ3) is 2.46. The molecule has 0 bridgehead atoms. The minimum atomic E-state index is 0.218. The van der Waals surface area contributed by atoms with Crippen molar-refractivity contribution in [3.63, 3.8) is 0 Å². The van der Waals surface area contributed by atoms with Crippen molar-refractivity contribution in [2.45, 2.75) is 71.5 Å². The third-order valence-corrected chi connectivity index (χ3v) is 3.42. The van der Waals surface area contributed by atoms with Crippen LogP contribution in [-0.2, 0) is 4.74 Å². The number of unbranched alkanes of at least 4 members (excludes halogenated alkanes) is 1. The van der Waals surface area contributed by atoms with Crippen LogP contribution in [0.3, 0.4) is 0 Å². The Balaban J connectivity index is 2.54. The highest BCUT2D eigenvalue weighted by Gasteiger charge is 2.40. The first-order chi connectivity index (χ1) is 6.10. The van der Waals surface area contributed by atoms with Gasteiger partial charge in [0.05, 0.1) is 11.7 Å². The van der Waals surface area contributed by atoms with Crippen LogP contribution in [0.15, 0.2) is 0 Å². The molecule has 1 heteroatoms. The maximum Gasteiger partial charge on any atom is 0.0709 e. The Bertz CT molecular complexity index is 153. The molecule has 0 N–H and O–H groups in total. The Hall–Kier alpha value is -0.0400. The lowest BCUT2D eigenvalue weighted by Crippen LogP contribution is -2.35. The minimum absolute atomic E-state index is 0.218. The van der Waals surface area contributed by atoms with Crippen LogP contribution in [-0.4, -0.2) is 11.7 Å². The Morgan fingerprint density at radius 3 is 2.54 bits per heavy atom. The van der Waals surface area contributed by atoms with E-state index in [1.165, 1.54) is 32.1 Å². The Kier molecular flexibility index (Phi) is 3.78. The fourth-order valence-corrected chi connectivity index (χ4v) is 2.34. The second kappa shape index (κ2) is 4.45. The zero-order chi connectivity index (χ0) is 9.90. The average Bonchev–Trinajstić information content (AvgIpc) is 2.45. The van der Waals surface area contributed by atoms with Crippen LogP contribution >= 0.6 is 0 Å². The molecule has 0 aliphatic carbocycles. The Morgan fingerprint density at radius 2 is 2.15 bits per heavy atom. The first kappa shape index (κ1) is 11.0. The maximum absolute atomic E-state index is 6.11. The van der Waals surface area contributed by atoms with Crippen molar-refractivity contribution in [3.05, 3.63) is 0 Å². The first-order valence-electron chi connectivity index (χ1n) is 5.78. The minimum Gasteiger partial charge on any atom is -0.372 e. The van der Waals surface area contributed by atoms with Gasteiger partial charge in [-0.2, -0.15) is 0 Å². The topological polar surface area (TPSA) is 9.23 Å². The molecule has 0 radical (unpaired) electrons. The molecule has 0 amide bonds. The van der Waals surface area contributed by atoms with Crippen molar-refractivity contribution in [3.8, 4) is 0 Å². The summed E-state index contributed by atoms with van der Waals surface area (Å²) in [5, 5.41) is 0. The molecule has 1 fully saturated rings. The van der Waals surface area contributed by atoms with Gasteiger partial charge in [0.2, 0.25) is 0 Å². The van der Waals surface area contributed by atoms with Gasteiger partial charge in [-0.3, -0.25) is 0 Å². The molecule has 0 aromatic carbocycles. The molecule has 1 rings (SSSR count). The van der Waals surface area contributed by atoms with Crippen molar-refractivity contribution in [2.75, 3.05) is 0 Å². The van der Waals surface area contributed by atoms with Gasteiger partial charge in [0.1, 0.15) is 0 Å². The van der Waals surface area contributed by atoms with Crippen LogP contribution in [0.1, 0.15) is 59.8 Å². The highest BCUT2D eigenvalue weighted by molar-refractivity contribution is 4.90. The fourth-order valence-electron chi connectivity index (χ4n) is 2.34. The molecule has 2 unspecified atom stereocenters. The number of hydrogen-bond acceptors (Lipinski definition) is 1. The first-order valence-corrected chi connectivity index (χ1v) is 5.78. The normalized spacial score (nSPS) is 34.4. The quantitative estimate of drug-likeness (QED) is 0.646. The van der Waals surface area contributed by atoms with E-state index in [0.717, 1.165) is 0 Å². The largest absolute Gasteiger partial charge is 0.372 e. The van der Waals surface area contributed by atoms with E-state index in [4.69, 9.17) is 4.74 Å². The van der Waals surface area contributed by atoms with Gasteiger partial charge >= 0.3 is 0 Å². The van der Waals surface area contributed by atoms with E-state index in [1.54, 1.807) is 0 Å². The SMILES string of the molecule is CCCCC1(C(C)C)CCC(C)O1. The van der Waals surface area contributed by atoms with E-state index in [0.29, 0.717) is 12.0 Å².